The molecule has 0 unspecified atom stereocenters. The van der Waals surface area contributed by atoms with Crippen molar-refractivity contribution in [1.82, 2.24) is 4.98 Å². The van der Waals surface area contributed by atoms with Gasteiger partial charge in [-0.15, -0.1) is 0 Å². The van der Waals surface area contributed by atoms with Crippen LogP contribution in [0, 0.1) is 0 Å². The van der Waals surface area contributed by atoms with Crippen LogP contribution in [-0.4, -0.2) is 29.3 Å². The van der Waals surface area contributed by atoms with Crippen molar-refractivity contribution >= 4 is 22.9 Å². The number of fused-ring (bicyclic) bond motifs is 1. The van der Waals surface area contributed by atoms with Gasteiger partial charge in [0.15, 0.2) is 0 Å². The molecule has 144 valence electrons. The molecule has 0 radical (unpaired) electrons. The maximum Gasteiger partial charge on any atom is 0.0567 e. The standard InChI is InChI=1S/C17H13N3O2.CH4O.Mo.2O/c21-16-6-5-12-3-1-2-4-14(12)15(16)11-19-20-17(22)13-7-9-18-10-8-13;1-2;;;/h1-11,21H,(H,20,22);2H,1H3;;;/q;;;2*-2/p-2/b19-11+;;;;. The molecule has 0 spiro atoms. The molecule has 0 bridgehead atoms. The zero-order valence-electron chi connectivity index (χ0n) is 14.2. The Morgan fingerprint density at radius 2 is 1.63 bits per heavy atom. The minimum Gasteiger partial charge on any atom is -2.00 e. The average molecular weight is 449 g/mol. The topological polar surface area (TPSA) is 161 Å². The van der Waals surface area contributed by atoms with Crippen molar-refractivity contribution in [2.75, 3.05) is 7.11 Å². The molecule has 0 aliphatic carbocycles. The first-order valence-corrected chi connectivity index (χ1v) is 7.07. The molecule has 0 fully saturated rings. The summed E-state index contributed by atoms with van der Waals surface area (Å²) in [6, 6.07) is 13.8. The molecule has 2 aromatic carbocycles. The number of hydrogen-bond acceptors (Lipinski definition) is 6. The predicted molar refractivity (Wildman–Crippen MR) is 91.3 cm³/mol. The summed E-state index contributed by atoms with van der Waals surface area (Å²) in [5.74, 6) is -0.639. The predicted octanol–water partition coefficient (Wildman–Crippen LogP) is 0.818. The second kappa shape index (κ2) is 13.5. The van der Waals surface area contributed by atoms with Gasteiger partial charge in [-0.3, -0.25) is 4.98 Å². The van der Waals surface area contributed by atoms with E-state index in [1.807, 2.05) is 24.3 Å². The molecule has 0 amide bonds. The molecule has 0 saturated heterocycles. The Morgan fingerprint density at radius 1 is 1.00 bits per heavy atom. The molecular formula is C18H15MoN3O5-6. The molecular weight excluding hydrogens is 434 g/mol. The second-order valence-electron chi connectivity index (χ2n) is 4.58. The second-order valence-corrected chi connectivity index (χ2v) is 4.58. The third kappa shape index (κ3) is 6.88. The van der Waals surface area contributed by atoms with Crippen LogP contribution < -0.4 is 10.2 Å². The zero-order chi connectivity index (χ0) is 17.4. The SMILES string of the molecule is CO.[Mo].[O-2].[O-2].[O-]/C(=N\N=C\c1c([O-])ccc2ccccc12)c1ccncc1. The van der Waals surface area contributed by atoms with Crippen molar-refractivity contribution in [2.24, 2.45) is 10.2 Å². The van der Waals surface area contributed by atoms with E-state index in [9.17, 15) is 10.2 Å². The van der Waals surface area contributed by atoms with E-state index >= 15 is 0 Å². The van der Waals surface area contributed by atoms with Crippen molar-refractivity contribution in [3.8, 4) is 5.75 Å². The van der Waals surface area contributed by atoms with Gasteiger partial charge in [-0.2, -0.15) is 10.2 Å². The Bertz CT molecular complexity index is 873. The van der Waals surface area contributed by atoms with Crippen LogP contribution in [0.25, 0.3) is 10.8 Å². The fourth-order valence-corrected chi connectivity index (χ4v) is 2.10. The van der Waals surface area contributed by atoms with Crippen LogP contribution in [0.5, 0.6) is 5.75 Å². The van der Waals surface area contributed by atoms with Gasteiger partial charge in [0.25, 0.3) is 0 Å². The Kier molecular flexibility index (Phi) is 13.3. The Morgan fingerprint density at radius 3 is 2.30 bits per heavy atom. The molecule has 9 heteroatoms. The van der Waals surface area contributed by atoms with E-state index in [0.717, 1.165) is 17.9 Å². The van der Waals surface area contributed by atoms with Gasteiger partial charge in [0.2, 0.25) is 0 Å². The number of aromatic nitrogens is 1. The summed E-state index contributed by atoms with van der Waals surface area (Å²) < 4.78 is 0. The molecule has 0 saturated carbocycles. The number of pyridine rings is 1. The van der Waals surface area contributed by atoms with Gasteiger partial charge >= 0.3 is 0 Å². The maximum absolute atomic E-state index is 12.0. The van der Waals surface area contributed by atoms with Crippen LogP contribution in [0.1, 0.15) is 11.1 Å². The average Bonchev–Trinajstić information content (AvgIpc) is 2.66. The first kappa shape index (κ1) is 26.6. The maximum atomic E-state index is 12.0. The number of hydrogen-bond donors (Lipinski definition) is 1. The van der Waals surface area contributed by atoms with Gasteiger partial charge in [-0.05, 0) is 34.0 Å². The Hall–Kier alpha value is -2.64. The summed E-state index contributed by atoms with van der Waals surface area (Å²) in [6.45, 7) is 0. The van der Waals surface area contributed by atoms with Crippen LogP contribution >= 0.6 is 0 Å². The summed E-state index contributed by atoms with van der Waals surface area (Å²) in [7, 11) is 1.00. The van der Waals surface area contributed by atoms with E-state index in [1.54, 1.807) is 18.2 Å². The molecule has 27 heavy (non-hydrogen) atoms. The van der Waals surface area contributed by atoms with Gasteiger partial charge in [0, 0.05) is 46.5 Å². The van der Waals surface area contributed by atoms with Crippen molar-refractivity contribution < 1.29 is 47.3 Å². The summed E-state index contributed by atoms with van der Waals surface area (Å²) in [4.78, 5) is 3.83. The van der Waals surface area contributed by atoms with E-state index in [4.69, 9.17) is 5.11 Å². The van der Waals surface area contributed by atoms with E-state index in [0.29, 0.717) is 11.1 Å². The normalized spacial score (nSPS) is 10.1. The minimum absolute atomic E-state index is 0. The van der Waals surface area contributed by atoms with Gasteiger partial charge in [0.1, 0.15) is 0 Å². The molecule has 0 aliphatic rings. The fourth-order valence-electron chi connectivity index (χ4n) is 2.10. The summed E-state index contributed by atoms with van der Waals surface area (Å²) in [5.41, 5.74) is 0.816. The first-order chi connectivity index (χ1) is 11.8. The van der Waals surface area contributed by atoms with E-state index in [1.165, 1.54) is 24.7 Å². The van der Waals surface area contributed by atoms with E-state index in [-0.39, 0.29) is 37.8 Å². The molecule has 1 N–H and O–H groups in total. The van der Waals surface area contributed by atoms with Crippen molar-refractivity contribution in [3.05, 3.63) is 72.1 Å². The third-order valence-corrected chi connectivity index (χ3v) is 3.19. The molecule has 3 rings (SSSR count). The molecule has 3 aromatic rings. The number of benzene rings is 2. The van der Waals surface area contributed by atoms with Crippen LogP contribution in [0.15, 0.2) is 71.1 Å². The first-order valence-electron chi connectivity index (χ1n) is 7.07. The van der Waals surface area contributed by atoms with Crippen LogP contribution in [0.3, 0.4) is 0 Å². The minimum atomic E-state index is -0.480. The molecule has 1 heterocycles. The molecule has 0 aliphatic heterocycles. The van der Waals surface area contributed by atoms with Gasteiger partial charge in [-0.1, -0.05) is 42.1 Å². The number of nitrogens with zero attached hydrogens (tertiary/aromatic N) is 3. The monoisotopic (exact) mass is 451 g/mol. The van der Waals surface area contributed by atoms with Crippen molar-refractivity contribution in [2.45, 2.75) is 0 Å². The molecule has 8 nitrogen and oxygen atoms in total. The number of rotatable bonds is 3. The van der Waals surface area contributed by atoms with Crippen LogP contribution in [-0.2, 0) is 32.0 Å². The summed E-state index contributed by atoms with van der Waals surface area (Å²) in [5, 5.41) is 39.8. The summed E-state index contributed by atoms with van der Waals surface area (Å²) >= 11 is 0. The van der Waals surface area contributed by atoms with E-state index < -0.39 is 5.90 Å². The number of aliphatic hydroxyl groups is 1. The molecule has 1 aromatic heterocycles. The molecule has 0 atom stereocenters. The van der Waals surface area contributed by atoms with Crippen molar-refractivity contribution in [1.29, 1.82) is 0 Å². The summed E-state index contributed by atoms with van der Waals surface area (Å²) in [6.07, 6.45) is 4.34. The zero-order valence-corrected chi connectivity index (χ0v) is 16.2. The third-order valence-electron chi connectivity index (χ3n) is 3.19. The van der Waals surface area contributed by atoms with Gasteiger partial charge in [-0.25, -0.2) is 0 Å². The van der Waals surface area contributed by atoms with Crippen LogP contribution in [0.4, 0.5) is 0 Å². The Labute approximate surface area is 170 Å². The smallest absolute Gasteiger partial charge is 0.0567 e. The number of aliphatic hydroxyl groups excluding tert-OH is 1. The van der Waals surface area contributed by atoms with Crippen molar-refractivity contribution in [3.63, 3.8) is 0 Å². The van der Waals surface area contributed by atoms with E-state index in [2.05, 4.69) is 15.2 Å². The fraction of sp³-hybridized carbons (Fsp3) is 0.0556. The van der Waals surface area contributed by atoms with Crippen LogP contribution in [0.2, 0.25) is 0 Å². The van der Waals surface area contributed by atoms with Gasteiger partial charge in [0.05, 0.1) is 6.21 Å². The quantitative estimate of drug-likeness (QED) is 0.271. The van der Waals surface area contributed by atoms with Gasteiger partial charge < -0.3 is 26.3 Å². The Balaban J connectivity index is 0. The largest absolute Gasteiger partial charge is 2.00 e.